The predicted octanol–water partition coefficient (Wildman–Crippen LogP) is 2.63. The van der Waals surface area contributed by atoms with Gasteiger partial charge in [-0.1, -0.05) is 62.9 Å². The minimum Gasteiger partial charge on any atom is -1.00 e. The second-order valence-corrected chi connectivity index (χ2v) is 14.8. The largest absolute Gasteiger partial charge is 1.00 e. The molecule has 44 heavy (non-hydrogen) atoms. The third-order valence-electron chi connectivity index (χ3n) is 13.0. The summed E-state index contributed by atoms with van der Waals surface area (Å²) in [6.07, 6.45) is 13.5. The fraction of sp³-hybridized carbons (Fsp3) is 0.579. The van der Waals surface area contributed by atoms with Crippen LogP contribution in [-0.2, 0) is 23.7 Å². The van der Waals surface area contributed by atoms with E-state index in [1.54, 1.807) is 11.1 Å². The third kappa shape index (κ3) is 3.69. The minimum atomic E-state index is -0.483. The van der Waals surface area contributed by atoms with Gasteiger partial charge in [0.1, 0.15) is 29.8 Å². The van der Waals surface area contributed by atoms with Gasteiger partial charge in [-0.2, -0.15) is 0 Å². The van der Waals surface area contributed by atoms with Crippen molar-refractivity contribution in [1.82, 2.24) is 9.80 Å². The molecule has 2 spiro atoms. The molecule has 4 aliphatic carbocycles. The van der Waals surface area contributed by atoms with Gasteiger partial charge in [-0.25, -0.2) is 0 Å². The van der Waals surface area contributed by atoms with E-state index in [1.165, 1.54) is 47.4 Å². The van der Waals surface area contributed by atoms with Crippen molar-refractivity contribution in [2.75, 3.05) is 27.2 Å². The Balaban J connectivity index is 0.000000149. The van der Waals surface area contributed by atoms with Gasteiger partial charge in [-0.3, -0.25) is 0 Å². The van der Waals surface area contributed by atoms with E-state index in [-0.39, 0.29) is 55.3 Å². The summed E-state index contributed by atoms with van der Waals surface area (Å²) in [6, 6.07) is 10.3. The number of aryl methyl sites for hydroxylation is 2. The fourth-order valence-corrected chi connectivity index (χ4v) is 11.0. The van der Waals surface area contributed by atoms with Crippen LogP contribution in [0.25, 0.3) is 0 Å². The quantitative estimate of drug-likeness (QED) is 0.370. The van der Waals surface area contributed by atoms with Crippen LogP contribution in [-0.4, -0.2) is 72.5 Å². The van der Waals surface area contributed by atoms with Crippen molar-refractivity contribution in [3.63, 3.8) is 0 Å². The topological polar surface area (TPSA) is 45.2 Å². The number of ether oxygens (including phenoxy) is 2. The van der Waals surface area contributed by atoms with Crippen molar-refractivity contribution < 1.29 is 45.6 Å². The Hall–Kier alpha value is -1.60. The van der Waals surface area contributed by atoms with E-state index in [0.29, 0.717) is 35.9 Å². The van der Waals surface area contributed by atoms with E-state index in [0.717, 1.165) is 25.1 Å². The van der Waals surface area contributed by atoms with E-state index in [1.807, 2.05) is 6.08 Å². The number of hydrogen-bond donors (Lipinski definition) is 1. The van der Waals surface area contributed by atoms with Crippen LogP contribution in [0.1, 0.15) is 62.0 Å². The molecule has 2 aromatic rings. The maximum absolute atomic E-state index is 10.5. The van der Waals surface area contributed by atoms with Crippen LogP contribution in [0, 0.1) is 31.6 Å². The van der Waals surface area contributed by atoms with Gasteiger partial charge < -0.3 is 25.8 Å². The van der Waals surface area contributed by atoms with Crippen LogP contribution < -0.4 is 39.0 Å². The van der Waals surface area contributed by atoms with Gasteiger partial charge in [0.05, 0.1) is 0 Å². The number of likely N-dealkylation sites (tertiary alicyclic amines) is 2. The molecule has 0 aromatic heterocycles. The molecule has 5 nitrogen and oxygen atoms in total. The number of benzene rings is 2. The average Bonchev–Trinajstić information content (AvgIpc) is 3.52. The number of aliphatic hydroxyl groups is 1. The van der Waals surface area contributed by atoms with Crippen LogP contribution in [0.3, 0.4) is 0 Å². The fourth-order valence-electron chi connectivity index (χ4n) is 11.0. The van der Waals surface area contributed by atoms with Crippen LogP contribution in [0.5, 0.6) is 11.5 Å². The van der Waals surface area contributed by atoms with Crippen LogP contribution in [0.4, 0.5) is 0 Å². The monoisotopic (exact) mass is 604 g/mol. The number of rotatable bonds is 0. The SMILES string of the molecule is C.Cc1ccc2c3c1O[C@H]1[C@@H](C)C=CC4[C@@H](C2)N(C)CC[C@@]341.Cc1ccc2c3c1O[C@H]1[C@@H](O)C=CC4[C@@H](C2)N(C)CC[C@@]341.[H-].[Na+]. The van der Waals surface area contributed by atoms with Crippen LogP contribution in [0.2, 0.25) is 0 Å². The Bertz CT molecular complexity index is 1460. The molecule has 2 fully saturated rings. The number of nitrogens with zero attached hydrogens (tertiary/aromatic N) is 2. The maximum Gasteiger partial charge on any atom is 1.00 e. The molecule has 0 radical (unpaired) electrons. The van der Waals surface area contributed by atoms with E-state index >= 15 is 0 Å². The molecule has 230 valence electrons. The molecule has 0 saturated carbocycles. The summed E-state index contributed by atoms with van der Waals surface area (Å²) >= 11 is 0. The summed E-state index contributed by atoms with van der Waals surface area (Å²) < 4.78 is 12.9. The molecule has 2 aromatic carbocycles. The predicted molar refractivity (Wildman–Crippen MR) is 172 cm³/mol. The van der Waals surface area contributed by atoms with Crippen molar-refractivity contribution in [3.05, 3.63) is 82.0 Å². The maximum atomic E-state index is 10.5. The Morgan fingerprint density at radius 2 is 1.23 bits per heavy atom. The zero-order valence-corrected chi connectivity index (χ0v) is 28.6. The Kier molecular flexibility index (Phi) is 7.37. The molecule has 10 atom stereocenters. The van der Waals surface area contributed by atoms with Gasteiger partial charge >= 0.3 is 29.6 Å². The van der Waals surface area contributed by atoms with Crippen molar-refractivity contribution in [2.45, 2.75) is 95.1 Å². The average molecular weight is 605 g/mol. The second kappa shape index (κ2) is 10.5. The van der Waals surface area contributed by atoms with Crippen LogP contribution >= 0.6 is 0 Å². The van der Waals surface area contributed by atoms with Gasteiger partial charge in [0, 0.05) is 51.8 Å². The van der Waals surface area contributed by atoms with Gasteiger partial charge in [0.15, 0.2) is 0 Å². The number of likely N-dealkylation sites (N-methyl/N-ethyl adjacent to an activating group) is 2. The van der Waals surface area contributed by atoms with Gasteiger partial charge in [0.25, 0.3) is 0 Å². The Morgan fingerprint density at radius 1 is 0.750 bits per heavy atom. The smallest absolute Gasteiger partial charge is 1.00 e. The van der Waals surface area contributed by atoms with E-state index < -0.39 is 6.10 Å². The van der Waals surface area contributed by atoms with Crippen molar-refractivity contribution in [3.8, 4) is 11.5 Å². The first-order chi connectivity index (χ1) is 20.3. The Labute approximate surface area is 287 Å². The first-order valence-corrected chi connectivity index (χ1v) is 16.3. The van der Waals surface area contributed by atoms with Crippen molar-refractivity contribution in [1.29, 1.82) is 0 Å². The van der Waals surface area contributed by atoms with Crippen molar-refractivity contribution >= 4 is 0 Å². The molecule has 1 N–H and O–H groups in total. The molecular formula is C38H49N2NaO3. The molecule has 2 saturated heterocycles. The zero-order chi connectivity index (χ0) is 28.7. The normalized spacial score (nSPS) is 40.7. The number of aliphatic hydroxyl groups excluding tert-OH is 1. The van der Waals surface area contributed by atoms with E-state index in [9.17, 15) is 5.11 Å². The molecule has 2 unspecified atom stereocenters. The van der Waals surface area contributed by atoms with Crippen molar-refractivity contribution in [2.24, 2.45) is 17.8 Å². The second-order valence-electron chi connectivity index (χ2n) is 14.8. The molecule has 8 aliphatic rings. The third-order valence-corrected chi connectivity index (χ3v) is 13.0. The summed E-state index contributed by atoms with van der Waals surface area (Å²) in [5.74, 6) is 3.91. The molecule has 10 rings (SSSR count). The number of hydrogen-bond acceptors (Lipinski definition) is 5. The standard InChI is InChI=1S/C19H23NO.C18H21NO2.CH4.Na.H/c1-11-4-6-13-10-15-14-7-5-12(2)18-19(14,8-9-20(15)3)16(13)17(11)21-18;1-10-3-4-11-9-13-12-5-6-14(20)17-18(12,7-8-19(13)2)15(11)16(10)21-17;;;/h4-7,12,14-15,18H,8-10H2,1-3H3;3-6,12-14,17,20H,7-9H2,1-2H3;1H4;;/q;;;+1;-1/t12-,14?,15+,18-,19-;12?,13-,14+,17+,18+;;;/m01.../s1. The zero-order valence-electron chi connectivity index (χ0n) is 27.6. The van der Waals surface area contributed by atoms with Gasteiger partial charge in [0.2, 0.25) is 0 Å². The van der Waals surface area contributed by atoms with E-state index in [4.69, 9.17) is 9.47 Å². The molecule has 4 aliphatic heterocycles. The summed E-state index contributed by atoms with van der Waals surface area (Å²) in [4.78, 5) is 5.07. The first kappa shape index (κ1) is 31.0. The molecule has 6 heteroatoms. The molecular weight excluding hydrogens is 555 g/mol. The molecule has 4 heterocycles. The summed E-state index contributed by atoms with van der Waals surface area (Å²) in [5, 5.41) is 10.5. The van der Waals surface area contributed by atoms with Gasteiger partial charge in [-0.05, 0) is 89.0 Å². The summed E-state index contributed by atoms with van der Waals surface area (Å²) in [5.41, 5.74) is 8.77. The van der Waals surface area contributed by atoms with Crippen LogP contribution in [0.15, 0.2) is 48.6 Å². The Morgan fingerprint density at radius 3 is 1.77 bits per heavy atom. The van der Waals surface area contributed by atoms with Gasteiger partial charge in [-0.15, -0.1) is 0 Å². The first-order valence-electron chi connectivity index (χ1n) is 16.3. The summed E-state index contributed by atoms with van der Waals surface area (Å²) in [7, 11) is 4.54. The summed E-state index contributed by atoms with van der Waals surface area (Å²) in [6.45, 7) is 8.95. The number of piperidine rings is 2. The molecule has 4 bridgehead atoms. The molecule has 0 amide bonds. The minimum absolute atomic E-state index is 0. The van der Waals surface area contributed by atoms with E-state index in [2.05, 4.69) is 87.2 Å².